The number of hydrogen-bond donors (Lipinski definition) is 1. The predicted octanol–water partition coefficient (Wildman–Crippen LogP) is 1.95. The topological polar surface area (TPSA) is 58.1 Å². The summed E-state index contributed by atoms with van der Waals surface area (Å²) < 4.78 is 3.87. The van der Waals surface area contributed by atoms with Crippen molar-refractivity contribution in [3.63, 3.8) is 0 Å². The fraction of sp³-hybridized carbons (Fsp3) is 0.786. The van der Waals surface area contributed by atoms with Crippen LogP contribution < -0.4 is 5.32 Å². The first-order valence-corrected chi connectivity index (χ1v) is 8.24. The summed E-state index contributed by atoms with van der Waals surface area (Å²) in [6, 6.07) is 0.424. The molecule has 1 atom stereocenters. The average molecular weight is 296 g/mol. The Morgan fingerprint density at radius 2 is 2.10 bits per heavy atom. The van der Waals surface area contributed by atoms with Crippen LogP contribution in [0, 0.1) is 5.92 Å². The van der Waals surface area contributed by atoms with E-state index in [0.29, 0.717) is 23.4 Å². The maximum absolute atomic E-state index is 12.2. The van der Waals surface area contributed by atoms with E-state index in [1.54, 1.807) is 0 Å². The zero-order chi connectivity index (χ0) is 14.5. The second kappa shape index (κ2) is 7.13. The molecule has 1 saturated heterocycles. The van der Waals surface area contributed by atoms with E-state index in [9.17, 15) is 4.79 Å². The maximum Gasteiger partial charge on any atom is 0.265 e. The summed E-state index contributed by atoms with van der Waals surface area (Å²) in [7, 11) is 0. The molecule has 0 bridgehead atoms. The molecule has 1 N–H and O–H groups in total. The third-order valence-electron chi connectivity index (χ3n) is 3.95. The molecule has 1 amide bonds. The Hall–Kier alpha value is -1.01. The van der Waals surface area contributed by atoms with E-state index in [2.05, 4.69) is 33.7 Å². The lowest BCUT2D eigenvalue weighted by Crippen LogP contribution is -2.45. The molecule has 1 fully saturated rings. The zero-order valence-corrected chi connectivity index (χ0v) is 13.4. The lowest BCUT2D eigenvalue weighted by Gasteiger charge is -2.30. The highest BCUT2D eigenvalue weighted by Crippen LogP contribution is 2.17. The molecule has 6 heteroatoms. The first-order chi connectivity index (χ1) is 9.63. The van der Waals surface area contributed by atoms with Crippen LogP contribution >= 0.6 is 11.5 Å². The number of amides is 1. The van der Waals surface area contributed by atoms with E-state index < -0.39 is 0 Å². The van der Waals surface area contributed by atoms with Crippen molar-refractivity contribution in [1.29, 1.82) is 0 Å². The minimum Gasteiger partial charge on any atom is -0.350 e. The van der Waals surface area contributed by atoms with Crippen LogP contribution in [0.25, 0.3) is 0 Å². The van der Waals surface area contributed by atoms with Crippen molar-refractivity contribution in [3.8, 4) is 0 Å². The molecule has 1 unspecified atom stereocenters. The summed E-state index contributed by atoms with van der Waals surface area (Å²) in [5, 5.41) is 7.06. The van der Waals surface area contributed by atoms with Crippen molar-refractivity contribution < 1.29 is 4.79 Å². The highest BCUT2D eigenvalue weighted by atomic mass is 32.1. The molecule has 0 saturated carbocycles. The van der Waals surface area contributed by atoms with Crippen molar-refractivity contribution in [2.24, 2.45) is 5.92 Å². The van der Waals surface area contributed by atoms with Gasteiger partial charge in [-0.15, -0.1) is 5.10 Å². The summed E-state index contributed by atoms with van der Waals surface area (Å²) >= 11 is 1.19. The van der Waals surface area contributed by atoms with Crippen molar-refractivity contribution in [1.82, 2.24) is 19.8 Å². The molecule has 1 aliphatic heterocycles. The van der Waals surface area contributed by atoms with Gasteiger partial charge in [-0.3, -0.25) is 9.69 Å². The van der Waals surface area contributed by atoms with E-state index in [0.717, 1.165) is 25.2 Å². The van der Waals surface area contributed by atoms with Crippen LogP contribution in [0.2, 0.25) is 0 Å². The van der Waals surface area contributed by atoms with Crippen molar-refractivity contribution in [2.75, 3.05) is 19.6 Å². The van der Waals surface area contributed by atoms with Gasteiger partial charge in [0.1, 0.15) is 4.88 Å². The number of hydrogen-bond acceptors (Lipinski definition) is 5. The van der Waals surface area contributed by atoms with Crippen LogP contribution in [0.3, 0.4) is 0 Å². The maximum atomic E-state index is 12.2. The molecule has 5 nitrogen and oxygen atoms in total. The van der Waals surface area contributed by atoms with E-state index in [4.69, 9.17) is 0 Å². The molecule has 2 heterocycles. The highest BCUT2D eigenvalue weighted by Gasteiger charge is 2.25. The summed E-state index contributed by atoms with van der Waals surface area (Å²) in [5.74, 6) is 0.514. The predicted molar refractivity (Wildman–Crippen MR) is 81.1 cm³/mol. The van der Waals surface area contributed by atoms with Gasteiger partial charge in [0.15, 0.2) is 0 Å². The Labute approximate surface area is 124 Å². The number of nitrogens with zero attached hydrogens (tertiary/aromatic N) is 3. The Balaban J connectivity index is 1.93. The molecular formula is C14H24N4OS. The molecule has 0 radical (unpaired) electrons. The molecule has 1 aromatic heterocycles. The molecule has 112 valence electrons. The fourth-order valence-corrected chi connectivity index (χ4v) is 3.42. The summed E-state index contributed by atoms with van der Waals surface area (Å²) in [6.07, 6.45) is 3.30. The minimum atomic E-state index is -0.0262. The summed E-state index contributed by atoms with van der Waals surface area (Å²) in [6.45, 7) is 9.45. The average Bonchev–Trinajstić information content (AvgIpc) is 3.09. The quantitative estimate of drug-likeness (QED) is 0.872. The Morgan fingerprint density at radius 3 is 2.70 bits per heavy atom. The SMILES string of the molecule is CCc1nnsc1C(=O)NCC(C(C)C)N1CCCC1. The molecular weight excluding hydrogens is 272 g/mol. The largest absolute Gasteiger partial charge is 0.350 e. The number of aryl methyl sites for hydroxylation is 1. The highest BCUT2D eigenvalue weighted by molar-refractivity contribution is 7.08. The Kier molecular flexibility index (Phi) is 5.48. The number of carbonyl (C=O) groups is 1. The number of carbonyl (C=O) groups excluding carboxylic acids is 1. The van der Waals surface area contributed by atoms with Gasteiger partial charge in [-0.2, -0.15) is 0 Å². The Bertz CT molecular complexity index is 440. The molecule has 1 aliphatic rings. The molecule has 20 heavy (non-hydrogen) atoms. The van der Waals surface area contributed by atoms with Crippen LogP contribution in [0.1, 0.15) is 49.0 Å². The standard InChI is InChI=1S/C14H24N4OS/c1-4-11-13(20-17-16-11)14(19)15-9-12(10(2)3)18-7-5-6-8-18/h10,12H,4-9H2,1-3H3,(H,15,19). The van der Waals surface area contributed by atoms with Crippen molar-refractivity contribution in [2.45, 2.75) is 46.1 Å². The number of aromatic nitrogens is 2. The molecule has 0 aliphatic carbocycles. The van der Waals surface area contributed by atoms with Crippen LogP contribution in [-0.2, 0) is 6.42 Å². The second-order valence-corrected chi connectivity index (χ2v) is 6.42. The van der Waals surface area contributed by atoms with E-state index >= 15 is 0 Å². The monoisotopic (exact) mass is 296 g/mol. The third kappa shape index (κ3) is 3.55. The van der Waals surface area contributed by atoms with Gasteiger partial charge in [-0.1, -0.05) is 25.3 Å². The number of rotatable bonds is 6. The summed E-state index contributed by atoms with van der Waals surface area (Å²) in [5.41, 5.74) is 0.801. The Morgan fingerprint density at radius 1 is 1.40 bits per heavy atom. The van der Waals surface area contributed by atoms with Crippen LogP contribution in [0.4, 0.5) is 0 Å². The van der Waals surface area contributed by atoms with E-state index in [1.165, 1.54) is 24.4 Å². The zero-order valence-electron chi connectivity index (χ0n) is 12.6. The molecule has 0 aromatic carbocycles. The van der Waals surface area contributed by atoms with Gasteiger partial charge in [0.25, 0.3) is 5.91 Å². The summed E-state index contributed by atoms with van der Waals surface area (Å²) in [4.78, 5) is 15.4. The number of likely N-dealkylation sites (tertiary alicyclic amines) is 1. The van der Waals surface area contributed by atoms with Crippen LogP contribution in [-0.4, -0.2) is 46.1 Å². The van der Waals surface area contributed by atoms with Crippen molar-refractivity contribution >= 4 is 17.4 Å². The van der Waals surface area contributed by atoms with Crippen LogP contribution in [0.5, 0.6) is 0 Å². The van der Waals surface area contributed by atoms with E-state index in [-0.39, 0.29) is 5.91 Å². The lowest BCUT2D eigenvalue weighted by atomic mass is 10.0. The molecule has 0 spiro atoms. The minimum absolute atomic E-state index is 0.0262. The smallest absolute Gasteiger partial charge is 0.265 e. The van der Waals surface area contributed by atoms with Gasteiger partial charge in [-0.25, -0.2) is 0 Å². The van der Waals surface area contributed by atoms with Gasteiger partial charge in [-0.05, 0) is 49.8 Å². The van der Waals surface area contributed by atoms with Gasteiger partial charge in [0, 0.05) is 12.6 Å². The van der Waals surface area contributed by atoms with Gasteiger partial charge >= 0.3 is 0 Å². The van der Waals surface area contributed by atoms with Gasteiger partial charge < -0.3 is 5.32 Å². The first kappa shape index (κ1) is 15.4. The fourth-order valence-electron chi connectivity index (χ4n) is 2.75. The van der Waals surface area contributed by atoms with Gasteiger partial charge in [0.05, 0.1) is 5.69 Å². The molecule has 2 rings (SSSR count). The van der Waals surface area contributed by atoms with E-state index in [1.807, 2.05) is 6.92 Å². The first-order valence-electron chi connectivity index (χ1n) is 7.47. The normalized spacial score (nSPS) is 17.6. The second-order valence-electron chi connectivity index (χ2n) is 5.67. The third-order valence-corrected chi connectivity index (χ3v) is 4.71. The number of nitrogens with one attached hydrogen (secondary N) is 1. The van der Waals surface area contributed by atoms with Crippen LogP contribution in [0.15, 0.2) is 0 Å². The lowest BCUT2D eigenvalue weighted by molar-refractivity contribution is 0.0930. The van der Waals surface area contributed by atoms with Crippen molar-refractivity contribution in [3.05, 3.63) is 10.6 Å². The molecule has 1 aromatic rings. The van der Waals surface area contributed by atoms with Gasteiger partial charge in [0.2, 0.25) is 0 Å².